The maximum absolute atomic E-state index is 11.3. The van der Waals surface area contributed by atoms with Crippen molar-refractivity contribution >= 4 is 10.3 Å². The van der Waals surface area contributed by atoms with E-state index in [2.05, 4.69) is 4.72 Å². The van der Waals surface area contributed by atoms with Gasteiger partial charge in [0.2, 0.25) is 5.79 Å². The fourth-order valence-corrected chi connectivity index (χ4v) is 2.29. The lowest BCUT2D eigenvalue weighted by Gasteiger charge is -2.37. The Labute approximate surface area is 112 Å². The van der Waals surface area contributed by atoms with Crippen LogP contribution < -0.4 is 9.46 Å². The van der Waals surface area contributed by atoms with Crippen molar-refractivity contribution in [1.29, 1.82) is 0 Å². The minimum Gasteiger partial charge on any atom is -0.463 e. The minimum absolute atomic E-state index is 0.104. The Bertz CT molecular complexity index is 555. The van der Waals surface area contributed by atoms with Crippen LogP contribution in [-0.4, -0.2) is 27.9 Å². The number of hydrogen-bond acceptors (Lipinski definition) is 5. The van der Waals surface area contributed by atoms with Crippen molar-refractivity contribution in [2.45, 2.75) is 25.7 Å². The summed E-state index contributed by atoms with van der Waals surface area (Å²) in [5.41, 5.74) is 0.771. The van der Waals surface area contributed by atoms with Crippen LogP contribution in [0.1, 0.15) is 25.5 Å². The molecule has 0 saturated heterocycles. The van der Waals surface area contributed by atoms with Crippen molar-refractivity contribution in [3.05, 3.63) is 29.8 Å². The van der Waals surface area contributed by atoms with Crippen molar-refractivity contribution in [3.8, 4) is 5.75 Å². The topological polar surface area (TPSA) is 73.9 Å². The van der Waals surface area contributed by atoms with Gasteiger partial charge in [0.15, 0.2) is 0 Å². The second-order valence-corrected chi connectivity index (χ2v) is 6.14. The number of rotatable bonds is 4. The maximum Gasteiger partial charge on any atom is 0.335 e. The summed E-state index contributed by atoms with van der Waals surface area (Å²) < 4.78 is 40.9. The van der Waals surface area contributed by atoms with Crippen LogP contribution in [0, 0.1) is 0 Å². The molecule has 106 valence electrons. The Balaban J connectivity index is 2.21. The van der Waals surface area contributed by atoms with E-state index in [4.69, 9.17) is 13.7 Å². The Morgan fingerprint density at radius 1 is 1.37 bits per heavy atom. The largest absolute Gasteiger partial charge is 0.463 e. The van der Waals surface area contributed by atoms with E-state index in [0.29, 0.717) is 5.75 Å². The van der Waals surface area contributed by atoms with Gasteiger partial charge in [0.1, 0.15) is 11.9 Å². The van der Waals surface area contributed by atoms with Gasteiger partial charge in [-0.3, -0.25) is 4.18 Å². The van der Waals surface area contributed by atoms with Gasteiger partial charge in [-0.15, -0.1) is 0 Å². The van der Waals surface area contributed by atoms with Crippen LogP contribution in [0.25, 0.3) is 0 Å². The molecule has 19 heavy (non-hydrogen) atoms. The first-order valence-corrected chi connectivity index (χ1v) is 7.27. The van der Waals surface area contributed by atoms with Crippen LogP contribution in [0.15, 0.2) is 24.3 Å². The van der Waals surface area contributed by atoms with Gasteiger partial charge >= 0.3 is 10.3 Å². The summed E-state index contributed by atoms with van der Waals surface area (Å²) in [5, 5.41) is 0. The third-order valence-electron chi connectivity index (χ3n) is 2.67. The summed E-state index contributed by atoms with van der Waals surface area (Å²) >= 11 is 0. The molecule has 1 heterocycles. The Morgan fingerprint density at radius 3 is 2.74 bits per heavy atom. The lowest BCUT2D eigenvalue weighted by atomic mass is 10.1. The molecule has 1 unspecified atom stereocenters. The van der Waals surface area contributed by atoms with Crippen LogP contribution in [-0.2, 0) is 19.2 Å². The highest BCUT2D eigenvalue weighted by Gasteiger charge is 2.35. The SMILES string of the molecule is CNS(=O)(=O)OCC1OC(C)(C)Oc2ccccc21. The number of fused-ring (bicyclic) bond motifs is 1. The Kier molecular flexibility index (Phi) is 3.82. The molecule has 1 aromatic carbocycles. The molecule has 0 fully saturated rings. The first-order valence-electron chi connectivity index (χ1n) is 5.87. The van der Waals surface area contributed by atoms with E-state index in [0.717, 1.165) is 5.56 Å². The number of ether oxygens (including phenoxy) is 2. The summed E-state index contributed by atoms with van der Waals surface area (Å²) in [5.74, 6) is -0.152. The first kappa shape index (κ1) is 14.3. The molecule has 0 radical (unpaired) electrons. The maximum atomic E-state index is 11.3. The first-order chi connectivity index (χ1) is 8.83. The molecule has 2 rings (SSSR count). The van der Waals surface area contributed by atoms with E-state index in [1.165, 1.54) is 7.05 Å². The summed E-state index contributed by atoms with van der Waals surface area (Å²) in [7, 11) is -2.44. The minimum atomic E-state index is -3.73. The molecule has 0 amide bonds. The van der Waals surface area contributed by atoms with Crippen LogP contribution >= 0.6 is 0 Å². The summed E-state index contributed by atoms with van der Waals surface area (Å²) in [6, 6.07) is 7.33. The highest BCUT2D eigenvalue weighted by molar-refractivity contribution is 7.84. The van der Waals surface area contributed by atoms with E-state index in [1.54, 1.807) is 13.8 Å². The molecular weight excluding hydrogens is 270 g/mol. The van der Waals surface area contributed by atoms with E-state index < -0.39 is 22.2 Å². The van der Waals surface area contributed by atoms with Gasteiger partial charge in [-0.05, 0) is 6.07 Å². The third-order valence-corrected chi connectivity index (χ3v) is 3.62. The zero-order valence-corrected chi connectivity index (χ0v) is 11.9. The molecular formula is C12H17NO5S. The van der Waals surface area contributed by atoms with Gasteiger partial charge in [0.05, 0.1) is 6.61 Å². The summed E-state index contributed by atoms with van der Waals surface area (Å²) in [4.78, 5) is 0. The fraction of sp³-hybridized carbons (Fsp3) is 0.500. The Hall–Kier alpha value is -1.15. The van der Waals surface area contributed by atoms with Crippen molar-refractivity contribution in [2.75, 3.05) is 13.7 Å². The van der Waals surface area contributed by atoms with Gasteiger partial charge < -0.3 is 9.47 Å². The molecule has 1 N–H and O–H groups in total. The zero-order valence-electron chi connectivity index (χ0n) is 11.0. The zero-order chi connectivity index (χ0) is 14.1. The fourth-order valence-electron chi connectivity index (χ4n) is 1.87. The van der Waals surface area contributed by atoms with Gasteiger partial charge in [-0.2, -0.15) is 13.1 Å². The average molecular weight is 287 g/mol. The quantitative estimate of drug-likeness (QED) is 0.905. The predicted octanol–water partition coefficient (Wildman–Crippen LogP) is 1.35. The molecule has 6 nitrogen and oxygen atoms in total. The molecule has 1 atom stereocenters. The molecule has 0 spiro atoms. The van der Waals surface area contributed by atoms with E-state index in [9.17, 15) is 8.42 Å². The predicted molar refractivity (Wildman–Crippen MR) is 68.9 cm³/mol. The van der Waals surface area contributed by atoms with Crippen molar-refractivity contribution in [2.24, 2.45) is 0 Å². The van der Waals surface area contributed by atoms with Gasteiger partial charge in [0.25, 0.3) is 0 Å². The molecule has 1 aliphatic rings. The smallest absolute Gasteiger partial charge is 0.335 e. The number of nitrogens with one attached hydrogen (secondary N) is 1. The third kappa shape index (κ3) is 3.44. The standard InChI is InChI=1S/C12H17NO5S/c1-12(2)17-10-7-5-4-6-9(10)11(18-12)8-16-19(14,15)13-3/h4-7,11,13H,8H2,1-3H3. The number of benzene rings is 1. The highest BCUT2D eigenvalue weighted by atomic mass is 32.2. The van der Waals surface area contributed by atoms with Crippen LogP contribution in [0.5, 0.6) is 5.75 Å². The van der Waals surface area contributed by atoms with E-state index >= 15 is 0 Å². The van der Waals surface area contributed by atoms with Gasteiger partial charge in [-0.25, -0.2) is 0 Å². The molecule has 0 aromatic heterocycles. The summed E-state index contributed by atoms with van der Waals surface area (Å²) in [6.07, 6.45) is -0.497. The van der Waals surface area contributed by atoms with Gasteiger partial charge in [0, 0.05) is 26.5 Å². The van der Waals surface area contributed by atoms with Crippen LogP contribution in [0.3, 0.4) is 0 Å². The molecule has 1 aliphatic heterocycles. The highest BCUT2D eigenvalue weighted by Crippen LogP contribution is 2.38. The van der Waals surface area contributed by atoms with E-state index in [-0.39, 0.29) is 6.61 Å². The molecule has 7 heteroatoms. The molecule has 0 saturated carbocycles. The van der Waals surface area contributed by atoms with Crippen molar-refractivity contribution in [1.82, 2.24) is 4.72 Å². The number of hydrogen-bond donors (Lipinski definition) is 1. The summed E-state index contributed by atoms with van der Waals surface area (Å²) in [6.45, 7) is 3.43. The molecule has 1 aromatic rings. The van der Waals surface area contributed by atoms with Crippen molar-refractivity contribution in [3.63, 3.8) is 0 Å². The number of para-hydroxylation sites is 1. The second-order valence-electron chi connectivity index (χ2n) is 4.59. The molecule has 0 bridgehead atoms. The monoisotopic (exact) mass is 287 g/mol. The normalized spacial score (nSPS) is 21.5. The van der Waals surface area contributed by atoms with Crippen LogP contribution in [0.4, 0.5) is 0 Å². The van der Waals surface area contributed by atoms with Crippen LogP contribution in [0.2, 0.25) is 0 Å². The Morgan fingerprint density at radius 2 is 2.05 bits per heavy atom. The van der Waals surface area contributed by atoms with Crippen molar-refractivity contribution < 1.29 is 22.1 Å². The van der Waals surface area contributed by atoms with Gasteiger partial charge in [-0.1, -0.05) is 18.2 Å². The lowest BCUT2D eigenvalue weighted by Crippen LogP contribution is -2.39. The average Bonchev–Trinajstić information content (AvgIpc) is 2.35. The lowest BCUT2D eigenvalue weighted by molar-refractivity contribution is -0.212. The second kappa shape index (κ2) is 5.09. The molecule has 0 aliphatic carbocycles. The van der Waals surface area contributed by atoms with E-state index in [1.807, 2.05) is 24.3 Å².